The molecular formula is C19H29N5O2. The lowest BCUT2D eigenvalue weighted by molar-refractivity contribution is -0.123. The second-order valence-electron chi connectivity index (χ2n) is 7.37. The number of nitrogens with two attached hydrogens (primary N) is 1. The van der Waals surface area contributed by atoms with Gasteiger partial charge in [-0.05, 0) is 49.3 Å². The number of hydrogen-bond acceptors (Lipinski definition) is 5. The van der Waals surface area contributed by atoms with Crippen molar-refractivity contribution in [3.8, 4) is 0 Å². The molecule has 2 fully saturated rings. The van der Waals surface area contributed by atoms with Crippen LogP contribution in [0.5, 0.6) is 0 Å². The summed E-state index contributed by atoms with van der Waals surface area (Å²) in [7, 11) is 0. The topological polar surface area (TPSA) is 100 Å². The number of nitrogens with zero attached hydrogens (tertiary/aromatic N) is 2. The number of amides is 2. The van der Waals surface area contributed by atoms with Crippen LogP contribution in [0.4, 0.5) is 0 Å². The van der Waals surface area contributed by atoms with E-state index in [0.29, 0.717) is 25.6 Å². The maximum atomic E-state index is 12.4. The predicted molar refractivity (Wildman–Crippen MR) is 99.0 cm³/mol. The Bertz CT molecular complexity index is 605. The fourth-order valence-corrected chi connectivity index (χ4v) is 3.64. The molecule has 142 valence electrons. The second kappa shape index (κ2) is 9.09. The highest BCUT2D eigenvalue weighted by Gasteiger charge is 2.37. The van der Waals surface area contributed by atoms with Gasteiger partial charge in [-0.25, -0.2) is 0 Å². The van der Waals surface area contributed by atoms with Gasteiger partial charge in [0.05, 0.1) is 6.54 Å². The number of likely N-dealkylation sites (tertiary alicyclic amines) is 1. The molecule has 7 heteroatoms. The molecule has 0 unspecified atom stereocenters. The normalized spacial score (nSPS) is 23.0. The third-order valence-electron chi connectivity index (χ3n) is 5.32. The second-order valence-corrected chi connectivity index (χ2v) is 7.37. The van der Waals surface area contributed by atoms with Crippen molar-refractivity contribution >= 4 is 11.8 Å². The van der Waals surface area contributed by atoms with Crippen LogP contribution in [-0.4, -0.2) is 53.4 Å². The van der Waals surface area contributed by atoms with Gasteiger partial charge >= 0.3 is 0 Å². The van der Waals surface area contributed by atoms with E-state index in [1.165, 1.54) is 12.8 Å². The van der Waals surface area contributed by atoms with Gasteiger partial charge in [0.2, 0.25) is 11.8 Å². The Kier molecular flexibility index (Phi) is 6.57. The zero-order valence-electron chi connectivity index (χ0n) is 15.2. The summed E-state index contributed by atoms with van der Waals surface area (Å²) in [4.78, 5) is 30.3. The monoisotopic (exact) mass is 359 g/mol. The van der Waals surface area contributed by atoms with Crippen molar-refractivity contribution in [1.82, 2.24) is 20.5 Å². The molecule has 1 aromatic heterocycles. The van der Waals surface area contributed by atoms with Crippen LogP contribution >= 0.6 is 0 Å². The standard InChI is InChI=1S/C19H29N5O2/c20-10-19(26)23-12-17-4-3-16(24(17)13-15-1-2-15)9-18(25)22-11-14-5-7-21-8-6-14/h5-8,15-17H,1-4,9-13,20H2,(H,22,25)(H,23,26)/t16-,17+/m1/s1. The van der Waals surface area contributed by atoms with Gasteiger partial charge in [-0.3, -0.25) is 19.5 Å². The van der Waals surface area contributed by atoms with Crippen molar-refractivity contribution in [2.75, 3.05) is 19.6 Å². The van der Waals surface area contributed by atoms with Gasteiger partial charge in [0.25, 0.3) is 0 Å². The Balaban J connectivity index is 1.50. The van der Waals surface area contributed by atoms with Gasteiger partial charge in [0, 0.05) is 50.5 Å². The molecule has 2 heterocycles. The van der Waals surface area contributed by atoms with E-state index in [9.17, 15) is 9.59 Å². The summed E-state index contributed by atoms with van der Waals surface area (Å²) in [5, 5.41) is 5.92. The quantitative estimate of drug-likeness (QED) is 0.593. The first-order valence-corrected chi connectivity index (χ1v) is 9.54. The lowest BCUT2D eigenvalue weighted by Gasteiger charge is -2.30. The average molecular weight is 359 g/mol. The molecule has 0 aromatic carbocycles. The Labute approximate surface area is 154 Å². The van der Waals surface area contributed by atoms with Crippen LogP contribution in [-0.2, 0) is 16.1 Å². The Morgan fingerprint density at radius 3 is 2.50 bits per heavy atom. The van der Waals surface area contributed by atoms with Crippen molar-refractivity contribution in [1.29, 1.82) is 0 Å². The van der Waals surface area contributed by atoms with Crippen molar-refractivity contribution in [2.45, 2.75) is 50.7 Å². The van der Waals surface area contributed by atoms with Gasteiger partial charge in [0.15, 0.2) is 0 Å². The number of carbonyl (C=O) groups is 2. The fraction of sp³-hybridized carbons (Fsp3) is 0.632. The molecule has 1 aliphatic heterocycles. The Morgan fingerprint density at radius 1 is 1.08 bits per heavy atom. The first-order valence-electron chi connectivity index (χ1n) is 9.54. The lowest BCUT2D eigenvalue weighted by Crippen LogP contribution is -2.46. The molecule has 4 N–H and O–H groups in total. The van der Waals surface area contributed by atoms with Crippen LogP contribution in [0.25, 0.3) is 0 Å². The van der Waals surface area contributed by atoms with Gasteiger partial charge in [-0.15, -0.1) is 0 Å². The highest BCUT2D eigenvalue weighted by Crippen LogP contribution is 2.35. The van der Waals surface area contributed by atoms with Gasteiger partial charge in [0.1, 0.15) is 0 Å². The number of rotatable bonds is 9. The first-order chi connectivity index (χ1) is 12.7. The van der Waals surface area contributed by atoms with E-state index in [0.717, 1.165) is 30.9 Å². The molecule has 1 aliphatic carbocycles. The largest absolute Gasteiger partial charge is 0.353 e. The molecular weight excluding hydrogens is 330 g/mol. The van der Waals surface area contributed by atoms with Gasteiger partial charge in [-0.1, -0.05) is 0 Å². The molecule has 1 saturated carbocycles. The molecule has 0 bridgehead atoms. The van der Waals surface area contributed by atoms with Crippen LogP contribution in [0, 0.1) is 5.92 Å². The summed E-state index contributed by atoms with van der Waals surface area (Å²) in [5.41, 5.74) is 6.43. The third-order valence-corrected chi connectivity index (χ3v) is 5.32. The number of nitrogens with one attached hydrogen (secondary N) is 2. The molecule has 2 amide bonds. The van der Waals surface area contributed by atoms with Crippen molar-refractivity contribution < 1.29 is 9.59 Å². The molecule has 7 nitrogen and oxygen atoms in total. The maximum Gasteiger partial charge on any atom is 0.233 e. The summed E-state index contributed by atoms with van der Waals surface area (Å²) in [5.74, 6) is 0.720. The third kappa shape index (κ3) is 5.51. The zero-order valence-corrected chi connectivity index (χ0v) is 15.2. The van der Waals surface area contributed by atoms with Crippen LogP contribution < -0.4 is 16.4 Å². The molecule has 0 radical (unpaired) electrons. The summed E-state index contributed by atoms with van der Waals surface area (Å²) in [6.07, 6.45) is 8.54. The smallest absolute Gasteiger partial charge is 0.233 e. The highest BCUT2D eigenvalue weighted by atomic mass is 16.2. The molecule has 2 atom stereocenters. The van der Waals surface area contributed by atoms with E-state index in [4.69, 9.17) is 5.73 Å². The first kappa shape index (κ1) is 18.8. The molecule has 1 aromatic rings. The van der Waals surface area contributed by atoms with Gasteiger partial charge < -0.3 is 16.4 Å². The lowest BCUT2D eigenvalue weighted by atomic mass is 10.1. The Hall–Kier alpha value is -1.99. The SMILES string of the molecule is NCC(=O)NC[C@@H]1CC[C@H](CC(=O)NCc2ccncc2)N1CC1CC1. The minimum Gasteiger partial charge on any atom is -0.353 e. The van der Waals surface area contributed by atoms with Crippen molar-refractivity contribution in [2.24, 2.45) is 11.7 Å². The summed E-state index contributed by atoms with van der Waals surface area (Å²) < 4.78 is 0. The summed E-state index contributed by atoms with van der Waals surface area (Å²) in [6.45, 7) is 2.21. The summed E-state index contributed by atoms with van der Waals surface area (Å²) >= 11 is 0. The predicted octanol–water partition coefficient (Wildman–Crippen LogP) is 0.406. The number of aromatic nitrogens is 1. The van der Waals surface area contributed by atoms with E-state index in [-0.39, 0.29) is 24.4 Å². The molecule has 1 saturated heterocycles. The van der Waals surface area contributed by atoms with Crippen LogP contribution in [0.3, 0.4) is 0 Å². The maximum absolute atomic E-state index is 12.4. The molecule has 3 rings (SSSR count). The minimum absolute atomic E-state index is 0.0240. The van der Waals surface area contributed by atoms with Crippen LogP contribution in [0.15, 0.2) is 24.5 Å². The number of carbonyl (C=O) groups excluding carboxylic acids is 2. The highest BCUT2D eigenvalue weighted by molar-refractivity contribution is 5.78. The van der Waals surface area contributed by atoms with Crippen molar-refractivity contribution in [3.05, 3.63) is 30.1 Å². The number of pyridine rings is 1. The summed E-state index contributed by atoms with van der Waals surface area (Å²) in [6, 6.07) is 4.38. The Morgan fingerprint density at radius 2 is 1.81 bits per heavy atom. The molecule has 0 spiro atoms. The van der Waals surface area contributed by atoms with E-state index in [1.54, 1.807) is 12.4 Å². The number of hydrogen-bond donors (Lipinski definition) is 3. The molecule has 26 heavy (non-hydrogen) atoms. The van der Waals surface area contributed by atoms with E-state index >= 15 is 0 Å². The van der Waals surface area contributed by atoms with E-state index in [2.05, 4.69) is 20.5 Å². The van der Waals surface area contributed by atoms with Crippen LogP contribution in [0.1, 0.15) is 37.7 Å². The zero-order chi connectivity index (χ0) is 18.4. The van der Waals surface area contributed by atoms with Gasteiger partial charge in [-0.2, -0.15) is 0 Å². The minimum atomic E-state index is -0.116. The van der Waals surface area contributed by atoms with Crippen LogP contribution in [0.2, 0.25) is 0 Å². The average Bonchev–Trinajstić information content (AvgIpc) is 3.41. The molecule has 2 aliphatic rings. The van der Waals surface area contributed by atoms with Crippen molar-refractivity contribution in [3.63, 3.8) is 0 Å². The van der Waals surface area contributed by atoms with E-state index in [1.807, 2.05) is 12.1 Å². The van der Waals surface area contributed by atoms with E-state index < -0.39 is 0 Å². The fourth-order valence-electron chi connectivity index (χ4n) is 3.64.